The molecular weight excluding hydrogens is 450 g/mol. The van der Waals surface area contributed by atoms with Gasteiger partial charge in [-0.05, 0) is 44.4 Å². The molecule has 0 aliphatic carbocycles. The zero-order chi connectivity index (χ0) is 24.1. The molecule has 0 atom stereocenters. The highest BCUT2D eigenvalue weighted by molar-refractivity contribution is 7.22. The molecule has 0 aliphatic heterocycles. The molecule has 0 unspecified atom stereocenters. The summed E-state index contributed by atoms with van der Waals surface area (Å²) >= 11 is 1.44. The molecule has 0 N–H and O–H groups in total. The predicted molar refractivity (Wildman–Crippen MR) is 136 cm³/mol. The maximum atomic E-state index is 13.7. The van der Waals surface area contributed by atoms with Crippen LogP contribution in [0, 0.1) is 0 Å². The number of amides is 1. The summed E-state index contributed by atoms with van der Waals surface area (Å²) in [7, 11) is 7.15. The first-order chi connectivity index (χ1) is 16.5. The third-order valence-electron chi connectivity index (χ3n) is 5.19. The molecule has 0 radical (unpaired) electrons. The number of methoxy groups -OCH3 is 2. The fourth-order valence-corrected chi connectivity index (χ4v) is 4.42. The molecule has 7 nitrogen and oxygen atoms in total. The summed E-state index contributed by atoms with van der Waals surface area (Å²) in [5, 5.41) is 0.617. The number of carbonyl (C=O) groups is 1. The van der Waals surface area contributed by atoms with Crippen LogP contribution in [0.5, 0.6) is 23.0 Å². The number of aromatic nitrogens is 1. The minimum atomic E-state index is -0.140. The summed E-state index contributed by atoms with van der Waals surface area (Å²) in [5.41, 5.74) is 1.28. The molecule has 0 bridgehead atoms. The lowest BCUT2D eigenvalue weighted by molar-refractivity contribution is 0.0985. The number of nitrogens with zero attached hydrogens (tertiary/aromatic N) is 3. The van der Waals surface area contributed by atoms with Gasteiger partial charge in [0.25, 0.3) is 5.91 Å². The number of anilines is 1. The normalized spacial score (nSPS) is 11.0. The lowest BCUT2D eigenvalue weighted by Crippen LogP contribution is -2.36. The Morgan fingerprint density at radius 2 is 1.59 bits per heavy atom. The molecule has 0 fully saturated rings. The Morgan fingerprint density at radius 1 is 0.882 bits per heavy atom. The van der Waals surface area contributed by atoms with Crippen LogP contribution in [0.25, 0.3) is 10.2 Å². The molecule has 1 aromatic heterocycles. The van der Waals surface area contributed by atoms with Gasteiger partial charge in [-0.15, -0.1) is 0 Å². The fraction of sp³-hybridized carbons (Fsp3) is 0.231. The van der Waals surface area contributed by atoms with Crippen molar-refractivity contribution < 1.29 is 19.0 Å². The Morgan fingerprint density at radius 3 is 2.29 bits per heavy atom. The van der Waals surface area contributed by atoms with Crippen LogP contribution in [-0.2, 0) is 0 Å². The Bertz CT molecular complexity index is 1230. The molecule has 0 spiro atoms. The number of para-hydroxylation sites is 1. The highest BCUT2D eigenvalue weighted by Gasteiger charge is 2.23. The third-order valence-corrected chi connectivity index (χ3v) is 6.23. The Kier molecular flexibility index (Phi) is 7.30. The van der Waals surface area contributed by atoms with Crippen molar-refractivity contribution in [1.82, 2.24) is 9.88 Å². The largest absolute Gasteiger partial charge is 0.493 e. The number of ether oxygens (including phenoxy) is 3. The van der Waals surface area contributed by atoms with Crippen molar-refractivity contribution in [1.29, 1.82) is 0 Å². The number of likely N-dealkylation sites (N-methyl/N-ethyl adjacent to an activating group) is 1. The SMILES string of the molecule is COc1cc2nc(N(CCN(C)C)C(=O)c3cccc(Oc4ccccc4)c3)sc2cc1OC. The van der Waals surface area contributed by atoms with Crippen LogP contribution >= 0.6 is 11.3 Å². The number of hydrogen-bond donors (Lipinski definition) is 0. The highest BCUT2D eigenvalue weighted by Crippen LogP contribution is 2.37. The van der Waals surface area contributed by atoms with Gasteiger partial charge in [-0.1, -0.05) is 35.6 Å². The van der Waals surface area contributed by atoms with Crippen molar-refractivity contribution in [3.63, 3.8) is 0 Å². The molecule has 4 aromatic rings. The van der Waals surface area contributed by atoms with Crippen molar-refractivity contribution in [3.05, 3.63) is 72.3 Å². The van der Waals surface area contributed by atoms with E-state index in [1.54, 1.807) is 31.3 Å². The molecule has 176 valence electrons. The summed E-state index contributed by atoms with van der Waals surface area (Å²) in [4.78, 5) is 22.2. The van der Waals surface area contributed by atoms with E-state index in [4.69, 9.17) is 19.2 Å². The quantitative estimate of drug-likeness (QED) is 0.325. The Balaban J connectivity index is 1.67. The van der Waals surface area contributed by atoms with E-state index in [0.717, 1.165) is 10.2 Å². The minimum absolute atomic E-state index is 0.140. The van der Waals surface area contributed by atoms with E-state index in [0.29, 0.717) is 46.8 Å². The average Bonchev–Trinajstić information content (AvgIpc) is 3.26. The van der Waals surface area contributed by atoms with Gasteiger partial charge in [0.15, 0.2) is 16.6 Å². The topological polar surface area (TPSA) is 64.1 Å². The Labute approximate surface area is 203 Å². The van der Waals surface area contributed by atoms with Crippen LogP contribution in [0.1, 0.15) is 10.4 Å². The molecule has 1 heterocycles. The molecule has 8 heteroatoms. The molecular formula is C26H27N3O4S. The van der Waals surface area contributed by atoms with Crippen molar-refractivity contribution >= 4 is 32.6 Å². The van der Waals surface area contributed by atoms with E-state index in [9.17, 15) is 4.79 Å². The van der Waals surface area contributed by atoms with Gasteiger partial charge in [0.05, 0.1) is 24.4 Å². The first-order valence-corrected chi connectivity index (χ1v) is 11.6. The Hall–Kier alpha value is -3.62. The van der Waals surface area contributed by atoms with Gasteiger partial charge < -0.3 is 19.1 Å². The molecule has 34 heavy (non-hydrogen) atoms. The number of rotatable bonds is 9. The predicted octanol–water partition coefficient (Wildman–Crippen LogP) is 5.31. The maximum absolute atomic E-state index is 13.7. The van der Waals surface area contributed by atoms with E-state index in [-0.39, 0.29) is 5.91 Å². The van der Waals surface area contributed by atoms with Gasteiger partial charge in [0, 0.05) is 30.8 Å². The third kappa shape index (κ3) is 5.30. The first kappa shape index (κ1) is 23.5. The molecule has 0 saturated heterocycles. The van der Waals surface area contributed by atoms with Gasteiger partial charge in [-0.2, -0.15) is 0 Å². The van der Waals surface area contributed by atoms with Crippen molar-refractivity contribution in [2.24, 2.45) is 0 Å². The minimum Gasteiger partial charge on any atom is -0.493 e. The van der Waals surface area contributed by atoms with Crippen LogP contribution in [-0.4, -0.2) is 57.2 Å². The van der Waals surface area contributed by atoms with Crippen LogP contribution in [0.4, 0.5) is 5.13 Å². The molecule has 0 aliphatic rings. The van der Waals surface area contributed by atoms with Gasteiger partial charge in [0.1, 0.15) is 11.5 Å². The van der Waals surface area contributed by atoms with Crippen LogP contribution in [0.3, 0.4) is 0 Å². The van der Waals surface area contributed by atoms with Crippen molar-refractivity contribution in [2.75, 3.05) is 46.3 Å². The van der Waals surface area contributed by atoms with Crippen molar-refractivity contribution in [2.45, 2.75) is 0 Å². The van der Waals surface area contributed by atoms with Gasteiger partial charge in [-0.3, -0.25) is 9.69 Å². The number of thiazole rings is 1. The van der Waals surface area contributed by atoms with E-state index in [1.807, 2.05) is 73.6 Å². The average molecular weight is 478 g/mol. The summed E-state index contributed by atoms with van der Waals surface area (Å²) in [6, 6.07) is 20.4. The molecule has 4 rings (SSSR count). The molecule has 1 amide bonds. The van der Waals surface area contributed by atoms with Gasteiger partial charge >= 0.3 is 0 Å². The standard InChI is InChI=1S/C26H27N3O4S/c1-28(2)13-14-29(26-27-21-16-22(31-3)23(32-4)17-24(21)34-26)25(30)18-9-8-12-20(15-18)33-19-10-6-5-7-11-19/h5-12,15-17H,13-14H2,1-4H3. The first-order valence-electron chi connectivity index (χ1n) is 10.8. The second-order valence-corrected chi connectivity index (χ2v) is 8.88. The van der Waals surface area contributed by atoms with Crippen LogP contribution in [0.2, 0.25) is 0 Å². The summed E-state index contributed by atoms with van der Waals surface area (Å²) in [5.74, 6) is 2.40. The van der Waals surface area contributed by atoms with Crippen LogP contribution in [0.15, 0.2) is 66.7 Å². The second-order valence-electron chi connectivity index (χ2n) is 7.87. The van der Waals surface area contributed by atoms with Crippen LogP contribution < -0.4 is 19.1 Å². The number of carbonyl (C=O) groups excluding carboxylic acids is 1. The van der Waals surface area contributed by atoms with E-state index in [1.165, 1.54) is 11.3 Å². The zero-order valence-corrected chi connectivity index (χ0v) is 20.5. The van der Waals surface area contributed by atoms with E-state index in [2.05, 4.69) is 0 Å². The lowest BCUT2D eigenvalue weighted by atomic mass is 10.2. The fourth-order valence-electron chi connectivity index (χ4n) is 3.42. The summed E-state index contributed by atoms with van der Waals surface area (Å²) in [6.45, 7) is 1.18. The van der Waals surface area contributed by atoms with Gasteiger partial charge in [0.2, 0.25) is 0 Å². The summed E-state index contributed by atoms with van der Waals surface area (Å²) < 4.78 is 17.7. The second kappa shape index (κ2) is 10.5. The van der Waals surface area contributed by atoms with Crippen molar-refractivity contribution in [3.8, 4) is 23.0 Å². The zero-order valence-electron chi connectivity index (χ0n) is 19.6. The van der Waals surface area contributed by atoms with Gasteiger partial charge in [-0.25, -0.2) is 4.98 Å². The maximum Gasteiger partial charge on any atom is 0.260 e. The molecule has 3 aromatic carbocycles. The number of hydrogen-bond acceptors (Lipinski definition) is 7. The lowest BCUT2D eigenvalue weighted by Gasteiger charge is -2.22. The number of benzene rings is 3. The summed E-state index contributed by atoms with van der Waals surface area (Å²) in [6.07, 6.45) is 0. The van der Waals surface area contributed by atoms with E-state index >= 15 is 0 Å². The smallest absolute Gasteiger partial charge is 0.260 e. The number of fused-ring (bicyclic) bond motifs is 1. The molecule has 0 saturated carbocycles. The highest BCUT2D eigenvalue weighted by atomic mass is 32.1. The van der Waals surface area contributed by atoms with E-state index < -0.39 is 0 Å². The monoisotopic (exact) mass is 477 g/mol.